The average molecular weight is 363 g/mol. The molecule has 0 aliphatic carbocycles. The van der Waals surface area contributed by atoms with Crippen LogP contribution in [0, 0.1) is 10.1 Å². The lowest BCUT2D eigenvalue weighted by Crippen LogP contribution is -2.06. The summed E-state index contributed by atoms with van der Waals surface area (Å²) >= 11 is 11.8. The number of halogens is 2. The highest BCUT2D eigenvalue weighted by molar-refractivity contribution is 6.34. The summed E-state index contributed by atoms with van der Waals surface area (Å²) in [6, 6.07) is 10.7. The van der Waals surface area contributed by atoms with E-state index in [4.69, 9.17) is 27.9 Å². The summed E-state index contributed by atoms with van der Waals surface area (Å²) in [6.45, 7) is 0. The third kappa shape index (κ3) is 3.29. The number of cyclic esters (lactones) is 1. The van der Waals surface area contributed by atoms with E-state index < -0.39 is 10.9 Å². The number of rotatable bonds is 3. The van der Waals surface area contributed by atoms with Crippen LogP contribution in [0.3, 0.4) is 0 Å². The number of non-ortho nitro benzene ring substituents is 1. The number of nitro groups is 1. The first-order valence-electron chi connectivity index (χ1n) is 6.66. The zero-order chi connectivity index (χ0) is 17.3. The zero-order valence-corrected chi connectivity index (χ0v) is 13.4. The number of aliphatic imine (C=N–C) groups is 1. The van der Waals surface area contributed by atoms with Crippen LogP contribution in [0.5, 0.6) is 0 Å². The molecule has 1 aliphatic heterocycles. The van der Waals surface area contributed by atoms with E-state index in [1.165, 1.54) is 18.2 Å². The van der Waals surface area contributed by atoms with Crippen LogP contribution >= 0.6 is 23.2 Å². The summed E-state index contributed by atoms with van der Waals surface area (Å²) in [6.07, 6.45) is 1.55. The van der Waals surface area contributed by atoms with E-state index in [9.17, 15) is 14.9 Å². The van der Waals surface area contributed by atoms with E-state index in [2.05, 4.69) is 4.99 Å². The highest BCUT2D eigenvalue weighted by Gasteiger charge is 2.26. The standard InChI is InChI=1S/C16H8Cl2N2O4/c17-10-3-1-9(2-4-10)7-14-16(21)24-15(19-14)12-6-5-11(20(22)23)8-13(12)18/h1-8H/b14-7+. The molecule has 0 spiro atoms. The molecular weight excluding hydrogens is 355 g/mol. The van der Waals surface area contributed by atoms with Crippen LogP contribution in [0.25, 0.3) is 6.08 Å². The van der Waals surface area contributed by atoms with Gasteiger partial charge in [-0.25, -0.2) is 9.79 Å². The Balaban J connectivity index is 1.94. The Hall–Kier alpha value is -2.70. The largest absolute Gasteiger partial charge is 0.402 e. The van der Waals surface area contributed by atoms with Gasteiger partial charge >= 0.3 is 5.97 Å². The molecule has 0 fully saturated rings. The number of carbonyl (C=O) groups is 1. The number of hydrogen-bond acceptors (Lipinski definition) is 5. The van der Waals surface area contributed by atoms with E-state index >= 15 is 0 Å². The van der Waals surface area contributed by atoms with E-state index in [1.54, 1.807) is 30.3 Å². The van der Waals surface area contributed by atoms with Crippen LogP contribution < -0.4 is 0 Å². The summed E-state index contributed by atoms with van der Waals surface area (Å²) in [5.74, 6) is -0.630. The van der Waals surface area contributed by atoms with E-state index in [-0.39, 0.29) is 22.3 Å². The number of carbonyl (C=O) groups excluding carboxylic acids is 1. The summed E-state index contributed by atoms with van der Waals surface area (Å²) < 4.78 is 5.10. The van der Waals surface area contributed by atoms with Gasteiger partial charge in [-0.15, -0.1) is 0 Å². The Morgan fingerprint density at radius 1 is 1.12 bits per heavy atom. The molecule has 1 aliphatic rings. The molecular formula is C16H8Cl2N2O4. The molecule has 0 bridgehead atoms. The molecule has 6 nitrogen and oxygen atoms in total. The zero-order valence-electron chi connectivity index (χ0n) is 11.9. The number of ether oxygens (including phenoxy) is 1. The predicted molar refractivity (Wildman–Crippen MR) is 90.2 cm³/mol. The number of hydrogen-bond donors (Lipinski definition) is 0. The topological polar surface area (TPSA) is 81.8 Å². The Morgan fingerprint density at radius 2 is 1.83 bits per heavy atom. The molecule has 0 amide bonds. The second-order valence-corrected chi connectivity index (χ2v) is 5.65. The second-order valence-electron chi connectivity index (χ2n) is 4.81. The summed E-state index contributed by atoms with van der Waals surface area (Å²) in [4.78, 5) is 26.2. The van der Waals surface area contributed by atoms with Crippen molar-refractivity contribution in [2.75, 3.05) is 0 Å². The quantitative estimate of drug-likeness (QED) is 0.353. The summed E-state index contributed by atoms with van der Waals surface area (Å²) in [7, 11) is 0. The van der Waals surface area contributed by atoms with Gasteiger partial charge in [0.2, 0.25) is 5.90 Å². The fourth-order valence-corrected chi connectivity index (χ4v) is 2.41. The smallest absolute Gasteiger partial charge is 0.363 e. The molecule has 0 N–H and O–H groups in total. The Bertz CT molecular complexity index is 905. The molecule has 0 saturated heterocycles. The van der Waals surface area contributed by atoms with Gasteiger partial charge < -0.3 is 4.74 Å². The van der Waals surface area contributed by atoms with Gasteiger partial charge in [0.25, 0.3) is 5.69 Å². The summed E-state index contributed by atoms with van der Waals surface area (Å²) in [5.41, 5.74) is 0.966. The van der Waals surface area contributed by atoms with Gasteiger partial charge in [0, 0.05) is 17.2 Å². The van der Waals surface area contributed by atoms with E-state index in [0.717, 1.165) is 5.56 Å². The number of esters is 1. The predicted octanol–water partition coefficient (Wildman–Crippen LogP) is 4.25. The normalized spacial score (nSPS) is 15.3. The van der Waals surface area contributed by atoms with Crippen molar-refractivity contribution in [3.8, 4) is 0 Å². The molecule has 0 atom stereocenters. The lowest BCUT2D eigenvalue weighted by Gasteiger charge is -2.02. The van der Waals surface area contributed by atoms with Gasteiger partial charge in [0.15, 0.2) is 5.70 Å². The highest BCUT2D eigenvalue weighted by Crippen LogP contribution is 2.27. The minimum absolute atomic E-state index is 0.000103. The van der Waals surface area contributed by atoms with Crippen molar-refractivity contribution in [2.45, 2.75) is 0 Å². The monoisotopic (exact) mass is 362 g/mol. The summed E-state index contributed by atoms with van der Waals surface area (Å²) in [5, 5.41) is 11.4. The molecule has 24 heavy (non-hydrogen) atoms. The van der Waals surface area contributed by atoms with Crippen LogP contribution in [0.2, 0.25) is 10.0 Å². The third-order valence-electron chi connectivity index (χ3n) is 3.19. The maximum absolute atomic E-state index is 11.9. The first-order valence-corrected chi connectivity index (χ1v) is 7.42. The molecule has 8 heteroatoms. The van der Waals surface area contributed by atoms with E-state index in [1.807, 2.05) is 0 Å². The van der Waals surface area contributed by atoms with Crippen LogP contribution in [0.1, 0.15) is 11.1 Å². The van der Waals surface area contributed by atoms with Gasteiger partial charge in [0.05, 0.1) is 15.5 Å². The van der Waals surface area contributed by atoms with Crippen LogP contribution in [-0.2, 0) is 9.53 Å². The first kappa shape index (κ1) is 16.2. The van der Waals surface area contributed by atoms with Crippen LogP contribution in [0.4, 0.5) is 5.69 Å². The molecule has 120 valence electrons. The maximum Gasteiger partial charge on any atom is 0.363 e. The Morgan fingerprint density at radius 3 is 2.46 bits per heavy atom. The van der Waals surface area contributed by atoms with Crippen molar-refractivity contribution >= 4 is 46.8 Å². The molecule has 0 saturated carbocycles. The molecule has 0 unspecified atom stereocenters. The Kier molecular flexibility index (Phi) is 4.33. The van der Waals surface area contributed by atoms with Crippen molar-refractivity contribution in [3.63, 3.8) is 0 Å². The van der Waals surface area contributed by atoms with Gasteiger partial charge in [-0.2, -0.15) is 0 Å². The number of nitrogens with zero attached hydrogens (tertiary/aromatic N) is 2. The minimum Gasteiger partial charge on any atom is -0.402 e. The van der Waals surface area contributed by atoms with Crippen molar-refractivity contribution in [1.29, 1.82) is 0 Å². The van der Waals surface area contributed by atoms with Crippen molar-refractivity contribution in [3.05, 3.63) is 79.4 Å². The molecule has 0 aromatic heterocycles. The highest BCUT2D eigenvalue weighted by atomic mass is 35.5. The minimum atomic E-state index is -0.630. The van der Waals surface area contributed by atoms with Crippen molar-refractivity contribution in [2.24, 2.45) is 4.99 Å². The number of nitro benzene ring substituents is 1. The van der Waals surface area contributed by atoms with Gasteiger partial charge in [0.1, 0.15) is 0 Å². The van der Waals surface area contributed by atoms with Gasteiger partial charge in [-0.3, -0.25) is 10.1 Å². The fraction of sp³-hybridized carbons (Fsp3) is 0. The van der Waals surface area contributed by atoms with Crippen LogP contribution in [0.15, 0.2) is 53.2 Å². The second kappa shape index (κ2) is 6.43. The van der Waals surface area contributed by atoms with Crippen LogP contribution in [-0.4, -0.2) is 16.8 Å². The molecule has 2 aromatic carbocycles. The van der Waals surface area contributed by atoms with Gasteiger partial charge in [-0.05, 0) is 29.8 Å². The third-order valence-corrected chi connectivity index (χ3v) is 3.75. The number of benzene rings is 2. The molecule has 1 heterocycles. The molecule has 2 aromatic rings. The first-order chi connectivity index (χ1) is 11.4. The van der Waals surface area contributed by atoms with E-state index in [0.29, 0.717) is 10.6 Å². The fourth-order valence-electron chi connectivity index (χ4n) is 2.03. The van der Waals surface area contributed by atoms with Crippen molar-refractivity contribution in [1.82, 2.24) is 0 Å². The maximum atomic E-state index is 11.9. The molecule has 0 radical (unpaired) electrons. The molecule has 3 rings (SSSR count). The lowest BCUT2D eigenvalue weighted by molar-refractivity contribution is -0.384. The van der Waals surface area contributed by atoms with Crippen molar-refractivity contribution < 1.29 is 14.5 Å². The Labute approximate surface area is 146 Å². The van der Waals surface area contributed by atoms with Gasteiger partial charge in [-0.1, -0.05) is 35.3 Å². The average Bonchev–Trinajstić information content (AvgIpc) is 2.90. The SMILES string of the molecule is O=C1OC(c2ccc([N+](=O)[O-])cc2Cl)=N/C1=C/c1ccc(Cl)cc1. The lowest BCUT2D eigenvalue weighted by atomic mass is 10.2.